The second-order valence-corrected chi connectivity index (χ2v) is 13.5. The van der Waals surface area contributed by atoms with Gasteiger partial charge < -0.3 is 10.6 Å². The summed E-state index contributed by atoms with van der Waals surface area (Å²) in [6.07, 6.45) is 15.9. The van der Waals surface area contributed by atoms with Gasteiger partial charge in [-0.3, -0.25) is 9.59 Å². The molecular formula is C42H57N2O2P. The van der Waals surface area contributed by atoms with Crippen LogP contribution in [0.15, 0.2) is 103 Å². The van der Waals surface area contributed by atoms with Crippen LogP contribution in [-0.2, 0) is 21.4 Å². The number of aryl methyl sites for hydroxylation is 1. The molecule has 0 fully saturated rings. The van der Waals surface area contributed by atoms with E-state index < -0.39 is 5.41 Å². The van der Waals surface area contributed by atoms with E-state index in [2.05, 4.69) is 120 Å². The Kier molecular flexibility index (Phi) is 16.7. The average Bonchev–Trinajstić information content (AvgIpc) is 3.37. The van der Waals surface area contributed by atoms with Crippen molar-refractivity contribution in [1.82, 2.24) is 10.6 Å². The maximum atomic E-state index is 13.9. The fourth-order valence-electron chi connectivity index (χ4n) is 6.39. The zero-order chi connectivity index (χ0) is 33.9. The third-order valence-corrected chi connectivity index (χ3v) is 8.96. The molecule has 0 aromatic heterocycles. The molecule has 2 atom stereocenters. The monoisotopic (exact) mass is 652 g/mol. The highest BCUT2D eigenvalue weighted by Crippen LogP contribution is 2.51. The molecule has 4 nitrogen and oxygen atoms in total. The molecule has 5 heteroatoms. The molecule has 0 heterocycles. The summed E-state index contributed by atoms with van der Waals surface area (Å²) in [6, 6.07) is 27.4. The van der Waals surface area contributed by atoms with Crippen LogP contribution in [-0.4, -0.2) is 24.4 Å². The highest BCUT2D eigenvalue weighted by Gasteiger charge is 2.48. The number of carbonyl (C=O) groups is 2. The Balaban J connectivity index is 0.00000192. The van der Waals surface area contributed by atoms with Gasteiger partial charge in [-0.25, -0.2) is 0 Å². The smallest absolute Gasteiger partial charge is 0.235 e. The minimum absolute atomic E-state index is 0.0479. The quantitative estimate of drug-likeness (QED) is 0.0816. The molecule has 0 aliphatic heterocycles. The van der Waals surface area contributed by atoms with Crippen LogP contribution in [0.2, 0.25) is 0 Å². The first kappa shape index (κ1) is 38.0. The normalized spacial score (nSPS) is 13.2. The number of amides is 2. The van der Waals surface area contributed by atoms with Crippen LogP contribution in [0, 0.1) is 0 Å². The van der Waals surface area contributed by atoms with E-state index in [9.17, 15) is 9.59 Å². The van der Waals surface area contributed by atoms with Gasteiger partial charge in [-0.15, -0.1) is 9.24 Å². The third-order valence-electron chi connectivity index (χ3n) is 8.76. The molecule has 252 valence electrons. The summed E-state index contributed by atoms with van der Waals surface area (Å²) in [5, 5.41) is 7.25. The van der Waals surface area contributed by atoms with Gasteiger partial charge in [0.1, 0.15) is 5.41 Å². The number of carbonyl (C=O) groups excluding carboxylic acids is 2. The largest absolute Gasteiger partial charge is 0.353 e. The number of fused-ring (bicyclic) bond motifs is 3. The molecule has 0 saturated carbocycles. The molecule has 3 aromatic rings. The summed E-state index contributed by atoms with van der Waals surface area (Å²) in [5.74, 6) is 0.211. The Labute approximate surface area is 287 Å². The van der Waals surface area contributed by atoms with E-state index in [4.69, 9.17) is 0 Å². The number of nitrogens with one attached hydrogen (secondary N) is 2. The highest BCUT2D eigenvalue weighted by molar-refractivity contribution is 7.22. The second kappa shape index (κ2) is 20.7. The highest BCUT2D eigenvalue weighted by atomic mass is 31.0. The van der Waals surface area contributed by atoms with Crippen molar-refractivity contribution in [3.05, 3.63) is 120 Å². The van der Waals surface area contributed by atoms with Gasteiger partial charge >= 0.3 is 0 Å². The Morgan fingerprint density at radius 1 is 0.809 bits per heavy atom. The zero-order valence-electron chi connectivity index (χ0n) is 29.0. The molecule has 0 radical (unpaired) electrons. The van der Waals surface area contributed by atoms with Crippen molar-refractivity contribution < 1.29 is 9.59 Å². The lowest BCUT2D eigenvalue weighted by molar-refractivity contribution is -0.125. The van der Waals surface area contributed by atoms with Crippen molar-refractivity contribution in [2.75, 3.05) is 6.54 Å². The number of hydrogen-bond donors (Lipinski definition) is 2. The minimum atomic E-state index is -0.698. The van der Waals surface area contributed by atoms with E-state index >= 15 is 0 Å². The predicted octanol–water partition coefficient (Wildman–Crippen LogP) is 10.1. The van der Waals surface area contributed by atoms with Crippen LogP contribution >= 0.6 is 9.24 Å². The average molecular weight is 653 g/mol. The summed E-state index contributed by atoms with van der Waals surface area (Å²) in [4.78, 5) is 26.4. The lowest BCUT2D eigenvalue weighted by atomic mass is 9.73. The maximum absolute atomic E-state index is 13.9. The summed E-state index contributed by atoms with van der Waals surface area (Å²) in [5.41, 5.74) is 5.18. The molecule has 0 saturated heterocycles. The number of rotatable bonds is 18. The summed E-state index contributed by atoms with van der Waals surface area (Å²) >= 11 is 0. The van der Waals surface area contributed by atoms with E-state index in [0.29, 0.717) is 13.0 Å². The van der Waals surface area contributed by atoms with Crippen LogP contribution in [0.4, 0.5) is 0 Å². The molecule has 1 aliphatic carbocycles. The molecule has 0 spiro atoms. The molecular weight excluding hydrogens is 595 g/mol. The number of benzene rings is 3. The van der Waals surface area contributed by atoms with E-state index in [0.717, 1.165) is 91.8 Å². The van der Waals surface area contributed by atoms with Crippen LogP contribution in [0.3, 0.4) is 0 Å². The van der Waals surface area contributed by atoms with Crippen molar-refractivity contribution in [1.29, 1.82) is 0 Å². The fourth-order valence-corrected chi connectivity index (χ4v) is 6.49. The van der Waals surface area contributed by atoms with E-state index in [1.165, 1.54) is 12.0 Å². The molecule has 47 heavy (non-hydrogen) atoms. The van der Waals surface area contributed by atoms with Gasteiger partial charge in [0.25, 0.3) is 0 Å². The van der Waals surface area contributed by atoms with Gasteiger partial charge in [-0.1, -0.05) is 138 Å². The van der Waals surface area contributed by atoms with E-state index in [1.807, 2.05) is 18.2 Å². The Hall–Kier alpha value is -3.49. The number of hydrogen-bond acceptors (Lipinski definition) is 2. The standard InChI is InChI=1S/C39H49N2O2P.C3H8/c1-3-32(41-37(42)27-13-8-11-21-31-19-9-7-10-20-31)22-12-5-4-6-18-28-39(38(43)40-29-30(2)44)35-25-16-14-23-33(35)34-24-15-17-26-36(34)39;1-3-2/h5,7,9-10,12,14-17,19-20,23-26,32H,2-4,6,8,11,13,18,21-22,27-29,44H2,1H3,(H,40,43)(H,41,42);3H2,1-2H3/b12-5+;. The van der Waals surface area contributed by atoms with Crippen LogP contribution in [0.25, 0.3) is 11.1 Å². The third kappa shape index (κ3) is 11.3. The molecule has 2 amide bonds. The van der Waals surface area contributed by atoms with Crippen LogP contribution < -0.4 is 10.6 Å². The predicted molar refractivity (Wildman–Crippen MR) is 204 cm³/mol. The Morgan fingerprint density at radius 2 is 1.43 bits per heavy atom. The summed E-state index contributed by atoms with van der Waals surface area (Å²) < 4.78 is 0. The molecule has 4 rings (SSSR count). The number of allylic oxidation sites excluding steroid dienone is 1. The molecule has 3 aromatic carbocycles. The fraction of sp³-hybridized carbons (Fsp3) is 0.429. The summed E-state index contributed by atoms with van der Waals surface area (Å²) in [6.45, 7) is 10.8. The van der Waals surface area contributed by atoms with Gasteiger partial charge in [0.2, 0.25) is 11.8 Å². The van der Waals surface area contributed by atoms with Crippen molar-refractivity contribution in [3.8, 4) is 11.1 Å². The lowest BCUT2D eigenvalue weighted by Gasteiger charge is -2.31. The van der Waals surface area contributed by atoms with E-state index in [1.54, 1.807) is 0 Å². The zero-order valence-corrected chi connectivity index (χ0v) is 30.2. The van der Waals surface area contributed by atoms with Crippen molar-refractivity contribution in [2.24, 2.45) is 0 Å². The Morgan fingerprint density at radius 3 is 2.04 bits per heavy atom. The Bertz CT molecular complexity index is 1390. The first-order valence-corrected chi connectivity index (χ1v) is 18.3. The van der Waals surface area contributed by atoms with Crippen molar-refractivity contribution in [3.63, 3.8) is 0 Å². The maximum Gasteiger partial charge on any atom is 0.235 e. The van der Waals surface area contributed by atoms with Gasteiger partial charge in [-0.2, -0.15) is 0 Å². The molecule has 2 unspecified atom stereocenters. The van der Waals surface area contributed by atoms with Crippen molar-refractivity contribution in [2.45, 2.75) is 109 Å². The summed E-state index contributed by atoms with van der Waals surface area (Å²) in [7, 11) is 2.59. The topological polar surface area (TPSA) is 58.2 Å². The first-order valence-electron chi connectivity index (χ1n) is 17.8. The minimum Gasteiger partial charge on any atom is -0.353 e. The van der Waals surface area contributed by atoms with E-state index in [-0.39, 0.29) is 17.9 Å². The van der Waals surface area contributed by atoms with Crippen LogP contribution in [0.1, 0.15) is 108 Å². The van der Waals surface area contributed by atoms with Crippen LogP contribution in [0.5, 0.6) is 0 Å². The lowest BCUT2D eigenvalue weighted by Crippen LogP contribution is -2.44. The van der Waals surface area contributed by atoms with Gasteiger partial charge in [0.15, 0.2) is 0 Å². The van der Waals surface area contributed by atoms with Crippen molar-refractivity contribution >= 4 is 21.1 Å². The second-order valence-electron chi connectivity index (χ2n) is 12.7. The first-order chi connectivity index (χ1) is 22.9. The number of unbranched alkanes of at least 4 members (excludes halogenated alkanes) is 4. The van der Waals surface area contributed by atoms with Gasteiger partial charge in [-0.05, 0) is 84.5 Å². The molecule has 0 bridgehead atoms. The van der Waals surface area contributed by atoms with Gasteiger partial charge in [0.05, 0.1) is 0 Å². The molecule has 1 aliphatic rings. The van der Waals surface area contributed by atoms with Gasteiger partial charge in [0, 0.05) is 19.0 Å². The molecule has 2 N–H and O–H groups in total. The SMILES string of the molecule is C=C(P)CNC(=O)C1(CCCC/C=C/CC(CC)NC(=O)CCCCCc2ccccc2)c2ccccc2-c2ccccc21.CCC.